The van der Waals surface area contributed by atoms with Crippen LogP contribution in [0.2, 0.25) is 0 Å². The normalized spacial score (nSPS) is 12.5. The Morgan fingerprint density at radius 1 is 1.15 bits per heavy atom. The van der Waals surface area contributed by atoms with Crippen molar-refractivity contribution in [2.75, 3.05) is 6.61 Å². The van der Waals surface area contributed by atoms with E-state index >= 15 is 0 Å². The Balaban J connectivity index is 3.46. The van der Waals surface area contributed by atoms with Gasteiger partial charge in [0.2, 0.25) is 0 Å². The van der Waals surface area contributed by atoms with Crippen LogP contribution in [0.25, 0.3) is 0 Å². The minimum atomic E-state index is 0.558. The molecule has 1 atom stereocenters. The lowest BCUT2D eigenvalue weighted by molar-refractivity contribution is -0.130. The number of ether oxygens (including phenoxy) is 1. The van der Waals surface area contributed by atoms with Crippen LogP contribution in [0.5, 0.6) is 0 Å². The van der Waals surface area contributed by atoms with Gasteiger partial charge < -0.3 is 4.74 Å². The van der Waals surface area contributed by atoms with E-state index in [-0.39, 0.29) is 0 Å². The lowest BCUT2D eigenvalue weighted by atomic mass is 9.97. The minimum Gasteiger partial charge on any atom is -0.468 e. The molecule has 78 valence electrons. The highest BCUT2D eigenvalue weighted by atomic mass is 16.5. The van der Waals surface area contributed by atoms with Crippen LogP contribution in [-0.4, -0.2) is 13.1 Å². The summed E-state index contributed by atoms with van der Waals surface area (Å²) in [6, 6.07) is 0. The van der Waals surface area contributed by atoms with Gasteiger partial charge in [-0.15, -0.1) is 0 Å². The second-order valence-corrected chi connectivity index (χ2v) is 3.58. The molecule has 0 aliphatic carbocycles. The average molecular weight is 186 g/mol. The van der Waals surface area contributed by atoms with Gasteiger partial charge in [-0.2, -0.15) is 0 Å². The summed E-state index contributed by atoms with van der Waals surface area (Å²) >= 11 is 0. The lowest BCUT2D eigenvalue weighted by Crippen LogP contribution is -2.08. The van der Waals surface area contributed by atoms with Gasteiger partial charge in [-0.3, -0.25) is 4.79 Å². The highest BCUT2D eigenvalue weighted by molar-refractivity contribution is 5.36. The molecule has 2 nitrogen and oxygen atoms in total. The summed E-state index contributed by atoms with van der Waals surface area (Å²) in [4.78, 5) is 10.0. The zero-order valence-corrected chi connectivity index (χ0v) is 8.92. The van der Waals surface area contributed by atoms with E-state index in [2.05, 4.69) is 13.8 Å². The van der Waals surface area contributed by atoms with E-state index in [0.717, 1.165) is 0 Å². The molecule has 0 unspecified atom stereocenters. The van der Waals surface area contributed by atoms with Crippen molar-refractivity contribution in [1.82, 2.24) is 0 Å². The second kappa shape index (κ2) is 9.56. The Morgan fingerprint density at radius 2 is 1.92 bits per heavy atom. The molecule has 0 fully saturated rings. The standard InChI is InChI=1S/C11H22O2/c1-3-5-6-8-11(7-4-2)9-13-10-12/h10-11H,3-9H2,1-2H3/t11-/m0/s1. The van der Waals surface area contributed by atoms with E-state index in [4.69, 9.17) is 4.74 Å². The number of hydrogen-bond acceptors (Lipinski definition) is 2. The third-order valence-corrected chi connectivity index (χ3v) is 2.31. The zero-order chi connectivity index (χ0) is 9.94. The van der Waals surface area contributed by atoms with Crippen LogP contribution in [-0.2, 0) is 9.53 Å². The van der Waals surface area contributed by atoms with Crippen LogP contribution < -0.4 is 0 Å². The highest BCUT2D eigenvalue weighted by Gasteiger charge is 2.07. The molecular formula is C11H22O2. The third kappa shape index (κ3) is 7.82. The predicted molar refractivity (Wildman–Crippen MR) is 54.6 cm³/mol. The monoisotopic (exact) mass is 186 g/mol. The van der Waals surface area contributed by atoms with Crippen LogP contribution >= 0.6 is 0 Å². The molecule has 0 amide bonds. The zero-order valence-electron chi connectivity index (χ0n) is 8.92. The Bertz CT molecular complexity index is 113. The van der Waals surface area contributed by atoms with Crippen molar-refractivity contribution >= 4 is 6.47 Å². The van der Waals surface area contributed by atoms with Crippen LogP contribution in [0.4, 0.5) is 0 Å². The fraction of sp³-hybridized carbons (Fsp3) is 0.909. The van der Waals surface area contributed by atoms with E-state index in [1.165, 1.54) is 38.5 Å². The Labute approximate surface area is 81.7 Å². The molecule has 0 N–H and O–H groups in total. The van der Waals surface area contributed by atoms with Gasteiger partial charge in [-0.1, -0.05) is 39.5 Å². The Kier molecular flexibility index (Phi) is 9.17. The number of hydrogen-bond donors (Lipinski definition) is 0. The van der Waals surface area contributed by atoms with Gasteiger partial charge in [0.05, 0.1) is 6.61 Å². The molecule has 0 saturated heterocycles. The summed E-state index contributed by atoms with van der Waals surface area (Å²) in [5, 5.41) is 0. The lowest BCUT2D eigenvalue weighted by Gasteiger charge is -2.13. The molecule has 0 saturated carbocycles. The molecule has 0 bridgehead atoms. The molecule has 13 heavy (non-hydrogen) atoms. The molecule has 0 rings (SSSR count). The summed E-state index contributed by atoms with van der Waals surface area (Å²) in [5.41, 5.74) is 0. The molecule has 0 aromatic rings. The van der Waals surface area contributed by atoms with Crippen LogP contribution in [0, 0.1) is 5.92 Å². The topological polar surface area (TPSA) is 26.3 Å². The summed E-state index contributed by atoms with van der Waals surface area (Å²) in [7, 11) is 0. The first kappa shape index (κ1) is 12.5. The number of unbranched alkanes of at least 4 members (excludes halogenated alkanes) is 2. The number of carbonyl (C=O) groups is 1. The smallest absolute Gasteiger partial charge is 0.293 e. The molecule has 0 aromatic heterocycles. The first-order valence-electron chi connectivity index (χ1n) is 5.40. The van der Waals surface area contributed by atoms with Crippen molar-refractivity contribution in [3.63, 3.8) is 0 Å². The van der Waals surface area contributed by atoms with Crippen molar-refractivity contribution in [3.05, 3.63) is 0 Å². The Morgan fingerprint density at radius 3 is 2.46 bits per heavy atom. The van der Waals surface area contributed by atoms with Gasteiger partial charge >= 0.3 is 0 Å². The summed E-state index contributed by atoms with van der Waals surface area (Å²) < 4.78 is 4.80. The molecule has 0 aromatic carbocycles. The van der Waals surface area contributed by atoms with Crippen LogP contribution in [0.3, 0.4) is 0 Å². The van der Waals surface area contributed by atoms with Gasteiger partial charge in [0.1, 0.15) is 0 Å². The molecule has 2 heteroatoms. The van der Waals surface area contributed by atoms with Gasteiger partial charge in [-0.25, -0.2) is 0 Å². The quantitative estimate of drug-likeness (QED) is 0.408. The predicted octanol–water partition coefficient (Wildman–Crippen LogP) is 3.16. The van der Waals surface area contributed by atoms with Crippen molar-refractivity contribution in [2.45, 2.75) is 52.4 Å². The molecule has 0 radical (unpaired) electrons. The van der Waals surface area contributed by atoms with E-state index < -0.39 is 0 Å². The fourth-order valence-corrected chi connectivity index (χ4v) is 1.58. The van der Waals surface area contributed by atoms with E-state index in [1.807, 2.05) is 0 Å². The fourth-order valence-electron chi connectivity index (χ4n) is 1.58. The summed E-state index contributed by atoms with van der Waals surface area (Å²) in [6.07, 6.45) is 7.38. The molecular weight excluding hydrogens is 164 g/mol. The summed E-state index contributed by atoms with van der Waals surface area (Å²) in [5.74, 6) is 0.585. The van der Waals surface area contributed by atoms with E-state index in [0.29, 0.717) is 19.0 Å². The van der Waals surface area contributed by atoms with E-state index in [9.17, 15) is 4.79 Å². The number of rotatable bonds is 9. The first-order valence-corrected chi connectivity index (χ1v) is 5.40. The van der Waals surface area contributed by atoms with Gasteiger partial charge in [0.25, 0.3) is 6.47 Å². The van der Waals surface area contributed by atoms with E-state index in [1.54, 1.807) is 0 Å². The van der Waals surface area contributed by atoms with Crippen LogP contribution in [0.1, 0.15) is 52.4 Å². The summed E-state index contributed by atoms with van der Waals surface area (Å²) in [6.45, 7) is 5.55. The SMILES string of the molecule is CCCCC[C@H](CCC)COC=O. The molecule has 0 spiro atoms. The van der Waals surface area contributed by atoms with Crippen molar-refractivity contribution < 1.29 is 9.53 Å². The van der Waals surface area contributed by atoms with Crippen LogP contribution in [0.15, 0.2) is 0 Å². The van der Waals surface area contributed by atoms with Gasteiger partial charge in [0, 0.05) is 0 Å². The Hall–Kier alpha value is -0.530. The maximum Gasteiger partial charge on any atom is 0.293 e. The average Bonchev–Trinajstić information content (AvgIpc) is 2.14. The molecule has 0 aliphatic rings. The van der Waals surface area contributed by atoms with Crippen molar-refractivity contribution in [3.8, 4) is 0 Å². The first-order chi connectivity index (χ1) is 6.35. The largest absolute Gasteiger partial charge is 0.468 e. The van der Waals surface area contributed by atoms with Crippen molar-refractivity contribution in [1.29, 1.82) is 0 Å². The van der Waals surface area contributed by atoms with Crippen molar-refractivity contribution in [2.24, 2.45) is 5.92 Å². The third-order valence-electron chi connectivity index (χ3n) is 2.31. The minimum absolute atomic E-state index is 0.558. The molecule has 0 heterocycles. The highest BCUT2D eigenvalue weighted by Crippen LogP contribution is 2.15. The van der Waals surface area contributed by atoms with Gasteiger partial charge in [-0.05, 0) is 18.8 Å². The number of carbonyl (C=O) groups excluding carboxylic acids is 1. The van der Waals surface area contributed by atoms with Gasteiger partial charge in [0.15, 0.2) is 0 Å². The maximum atomic E-state index is 10.0. The second-order valence-electron chi connectivity index (χ2n) is 3.58. The maximum absolute atomic E-state index is 10.0. The molecule has 0 aliphatic heterocycles.